The van der Waals surface area contributed by atoms with Crippen molar-refractivity contribution in [1.29, 1.82) is 0 Å². The van der Waals surface area contributed by atoms with E-state index in [2.05, 4.69) is 6.58 Å². The highest BCUT2D eigenvalue weighted by Crippen LogP contribution is 2.30. The third-order valence-electron chi connectivity index (χ3n) is 3.37. The van der Waals surface area contributed by atoms with Crippen LogP contribution in [-0.2, 0) is 10.1 Å². The number of rotatable bonds is 2. The third-order valence-corrected chi connectivity index (χ3v) is 4.28. The predicted octanol–water partition coefficient (Wildman–Crippen LogP) is 3.88. The monoisotopic (exact) mass is 284 g/mol. The summed E-state index contributed by atoms with van der Waals surface area (Å²) in [5.41, 5.74) is 0.427. The summed E-state index contributed by atoms with van der Waals surface area (Å²) in [6, 6.07) is 14.8. The minimum atomic E-state index is -4.26. The van der Waals surface area contributed by atoms with E-state index in [-0.39, 0.29) is 4.90 Å². The van der Waals surface area contributed by atoms with Gasteiger partial charge < -0.3 is 0 Å². The maximum absolute atomic E-state index is 11.4. The highest BCUT2D eigenvalue weighted by atomic mass is 32.2. The van der Waals surface area contributed by atoms with Crippen LogP contribution in [0.3, 0.4) is 0 Å². The number of hydrogen-bond donors (Lipinski definition) is 1. The van der Waals surface area contributed by atoms with Crippen LogP contribution < -0.4 is 0 Å². The van der Waals surface area contributed by atoms with Crippen LogP contribution in [0.15, 0.2) is 60.0 Å². The van der Waals surface area contributed by atoms with E-state index < -0.39 is 10.1 Å². The van der Waals surface area contributed by atoms with Crippen molar-refractivity contribution in [2.45, 2.75) is 4.90 Å². The van der Waals surface area contributed by atoms with Crippen LogP contribution in [-0.4, -0.2) is 13.0 Å². The van der Waals surface area contributed by atoms with Crippen LogP contribution >= 0.6 is 0 Å². The van der Waals surface area contributed by atoms with Crippen molar-refractivity contribution in [1.82, 2.24) is 0 Å². The Balaban J connectivity index is 2.50. The zero-order chi connectivity index (χ0) is 14.3. The van der Waals surface area contributed by atoms with E-state index in [1.807, 2.05) is 36.4 Å². The Morgan fingerprint density at radius 2 is 1.60 bits per heavy atom. The van der Waals surface area contributed by atoms with Crippen molar-refractivity contribution in [2.75, 3.05) is 0 Å². The van der Waals surface area contributed by atoms with Gasteiger partial charge in [-0.25, -0.2) is 0 Å². The second kappa shape index (κ2) is 4.44. The Morgan fingerprint density at radius 3 is 2.20 bits per heavy atom. The van der Waals surface area contributed by atoms with E-state index >= 15 is 0 Å². The van der Waals surface area contributed by atoms with Gasteiger partial charge in [-0.2, -0.15) is 8.42 Å². The van der Waals surface area contributed by atoms with Gasteiger partial charge in [0.05, 0.1) is 0 Å². The summed E-state index contributed by atoms with van der Waals surface area (Å²) < 4.78 is 32.2. The molecule has 3 aromatic rings. The van der Waals surface area contributed by atoms with Crippen molar-refractivity contribution in [3.05, 3.63) is 60.7 Å². The molecule has 0 bridgehead atoms. The van der Waals surface area contributed by atoms with Gasteiger partial charge in [-0.3, -0.25) is 4.55 Å². The highest BCUT2D eigenvalue weighted by molar-refractivity contribution is 7.86. The van der Waals surface area contributed by atoms with Crippen LogP contribution in [0.4, 0.5) is 0 Å². The second-order valence-electron chi connectivity index (χ2n) is 4.58. The molecule has 0 aromatic heterocycles. The van der Waals surface area contributed by atoms with Crippen molar-refractivity contribution < 1.29 is 13.0 Å². The Kier molecular flexibility index (Phi) is 2.85. The molecule has 0 aliphatic carbocycles. The van der Waals surface area contributed by atoms with E-state index in [0.29, 0.717) is 5.56 Å². The van der Waals surface area contributed by atoms with Gasteiger partial charge in [0.15, 0.2) is 0 Å². The first-order chi connectivity index (χ1) is 9.50. The number of hydrogen-bond acceptors (Lipinski definition) is 2. The molecule has 0 spiro atoms. The Hall–Kier alpha value is -2.17. The maximum Gasteiger partial charge on any atom is 0.295 e. The summed E-state index contributed by atoms with van der Waals surface area (Å²) in [7, 11) is -4.26. The van der Waals surface area contributed by atoms with Crippen LogP contribution in [0, 0.1) is 0 Å². The normalized spacial score (nSPS) is 11.8. The summed E-state index contributed by atoms with van der Waals surface area (Å²) in [5.74, 6) is 0. The summed E-state index contributed by atoms with van der Waals surface area (Å²) >= 11 is 0. The lowest BCUT2D eigenvalue weighted by molar-refractivity contribution is 0.483. The molecular weight excluding hydrogens is 272 g/mol. The van der Waals surface area contributed by atoms with Crippen molar-refractivity contribution in [3.63, 3.8) is 0 Å². The summed E-state index contributed by atoms with van der Waals surface area (Å²) in [4.78, 5) is -0.115. The molecule has 3 nitrogen and oxygen atoms in total. The summed E-state index contributed by atoms with van der Waals surface area (Å²) in [6.45, 7) is 3.66. The average molecular weight is 284 g/mol. The smallest absolute Gasteiger partial charge is 0.282 e. The molecule has 100 valence electrons. The van der Waals surface area contributed by atoms with Gasteiger partial charge >= 0.3 is 0 Å². The Labute approximate surface area is 116 Å². The lowest BCUT2D eigenvalue weighted by Crippen LogP contribution is -2.01. The molecule has 4 heteroatoms. The second-order valence-corrected chi connectivity index (χ2v) is 5.97. The van der Waals surface area contributed by atoms with Gasteiger partial charge in [0, 0.05) is 5.56 Å². The fourth-order valence-corrected chi connectivity index (χ4v) is 3.16. The highest BCUT2D eigenvalue weighted by Gasteiger charge is 2.16. The average Bonchev–Trinajstić information content (AvgIpc) is 2.42. The summed E-state index contributed by atoms with van der Waals surface area (Å²) in [6.07, 6.45) is 1.46. The van der Waals surface area contributed by atoms with Gasteiger partial charge in [0.25, 0.3) is 10.1 Å². The molecular formula is C16H12O3S. The van der Waals surface area contributed by atoms with Gasteiger partial charge in [0.2, 0.25) is 0 Å². The van der Waals surface area contributed by atoms with Crippen LogP contribution in [0.5, 0.6) is 0 Å². The molecule has 0 radical (unpaired) electrons. The fourth-order valence-electron chi connectivity index (χ4n) is 2.45. The van der Waals surface area contributed by atoms with Crippen LogP contribution in [0.1, 0.15) is 5.56 Å². The first-order valence-corrected chi connectivity index (χ1v) is 7.50. The van der Waals surface area contributed by atoms with E-state index in [4.69, 9.17) is 0 Å². The number of fused-ring (bicyclic) bond motifs is 2. The van der Waals surface area contributed by atoms with Gasteiger partial charge in [-0.1, -0.05) is 43.0 Å². The molecule has 0 heterocycles. The first-order valence-electron chi connectivity index (χ1n) is 6.06. The third kappa shape index (κ3) is 1.99. The quantitative estimate of drug-likeness (QED) is 0.574. The standard InChI is InChI=1S/C16H12O3S/c1-2-14-15-10-12-6-4-3-5-11(12)9-13(15)7-8-16(14)20(17,18)19/h2-10H,1H2,(H,17,18,19). The molecule has 20 heavy (non-hydrogen) atoms. The van der Waals surface area contributed by atoms with Gasteiger partial charge in [0.1, 0.15) is 4.90 Å². The van der Waals surface area contributed by atoms with Crippen molar-refractivity contribution >= 4 is 37.7 Å². The largest absolute Gasteiger partial charge is 0.295 e. The molecule has 0 aliphatic rings. The van der Waals surface area contributed by atoms with Crippen LogP contribution in [0.2, 0.25) is 0 Å². The minimum absolute atomic E-state index is 0.115. The lowest BCUT2D eigenvalue weighted by Gasteiger charge is -2.09. The molecule has 0 saturated carbocycles. The fraction of sp³-hybridized carbons (Fsp3) is 0. The van der Waals surface area contributed by atoms with Gasteiger partial charge in [-0.15, -0.1) is 0 Å². The molecule has 1 N–H and O–H groups in total. The summed E-state index contributed by atoms with van der Waals surface area (Å²) in [5, 5.41) is 3.75. The lowest BCUT2D eigenvalue weighted by atomic mass is 10.00. The zero-order valence-corrected chi connectivity index (χ0v) is 11.4. The molecule has 0 amide bonds. The Bertz CT molecular complexity index is 941. The van der Waals surface area contributed by atoms with Crippen molar-refractivity contribution in [2.24, 2.45) is 0 Å². The SMILES string of the molecule is C=Cc1c(S(=O)(=O)O)ccc2cc3ccccc3cc12. The molecule has 3 aromatic carbocycles. The molecule has 0 fully saturated rings. The molecule has 0 saturated heterocycles. The van der Waals surface area contributed by atoms with E-state index in [1.165, 1.54) is 12.1 Å². The zero-order valence-electron chi connectivity index (χ0n) is 10.6. The Morgan fingerprint density at radius 1 is 0.950 bits per heavy atom. The maximum atomic E-state index is 11.4. The first kappa shape index (κ1) is 12.8. The van der Waals surface area contributed by atoms with E-state index in [1.54, 1.807) is 6.07 Å². The van der Waals surface area contributed by atoms with E-state index in [0.717, 1.165) is 21.5 Å². The predicted molar refractivity (Wildman–Crippen MR) is 81.4 cm³/mol. The van der Waals surface area contributed by atoms with Crippen molar-refractivity contribution in [3.8, 4) is 0 Å². The molecule has 0 aliphatic heterocycles. The van der Waals surface area contributed by atoms with E-state index in [9.17, 15) is 13.0 Å². The number of benzene rings is 3. The topological polar surface area (TPSA) is 54.4 Å². The van der Waals surface area contributed by atoms with Crippen LogP contribution in [0.25, 0.3) is 27.6 Å². The minimum Gasteiger partial charge on any atom is -0.282 e. The molecule has 0 atom stereocenters. The van der Waals surface area contributed by atoms with Gasteiger partial charge in [-0.05, 0) is 39.7 Å². The molecule has 3 rings (SSSR count). The molecule has 0 unspecified atom stereocenters.